The first-order valence-electron chi connectivity index (χ1n) is 6.37. The number of rotatable bonds is 5. The standard InChI is InChI=1S/C16H16ClNO2S/c1-10-3-6-13(17)15(7-10)20-9-11-4-5-12(16(18)21)14(8-11)19-2/h3-8H,9H2,1-2H3,(H2,18,21). The van der Waals surface area contributed by atoms with E-state index in [0.29, 0.717) is 33.7 Å². The number of thiocarbonyl (C=S) groups is 1. The lowest BCUT2D eigenvalue weighted by Gasteiger charge is -2.12. The Morgan fingerprint density at radius 2 is 1.95 bits per heavy atom. The molecule has 0 fully saturated rings. The van der Waals surface area contributed by atoms with Crippen LogP contribution in [0.25, 0.3) is 0 Å². The highest BCUT2D eigenvalue weighted by atomic mass is 35.5. The van der Waals surface area contributed by atoms with Gasteiger partial charge in [0, 0.05) is 0 Å². The van der Waals surface area contributed by atoms with Crippen LogP contribution in [0.5, 0.6) is 11.5 Å². The summed E-state index contributed by atoms with van der Waals surface area (Å²) in [7, 11) is 1.58. The van der Waals surface area contributed by atoms with Gasteiger partial charge in [-0.05, 0) is 42.3 Å². The molecule has 2 rings (SSSR count). The van der Waals surface area contributed by atoms with Crippen LogP contribution in [0.15, 0.2) is 36.4 Å². The van der Waals surface area contributed by atoms with E-state index in [4.69, 9.17) is 39.0 Å². The second-order valence-electron chi connectivity index (χ2n) is 4.62. The van der Waals surface area contributed by atoms with Crippen molar-refractivity contribution in [3.05, 3.63) is 58.1 Å². The van der Waals surface area contributed by atoms with Gasteiger partial charge in [-0.1, -0.05) is 36.0 Å². The molecule has 0 heterocycles. The number of aryl methyl sites for hydroxylation is 1. The minimum absolute atomic E-state index is 0.307. The van der Waals surface area contributed by atoms with Gasteiger partial charge in [-0.15, -0.1) is 0 Å². The van der Waals surface area contributed by atoms with E-state index in [-0.39, 0.29) is 0 Å². The van der Waals surface area contributed by atoms with Crippen molar-refractivity contribution in [3.63, 3.8) is 0 Å². The Kier molecular flexibility index (Phi) is 5.04. The first-order chi connectivity index (χ1) is 10.0. The number of ether oxygens (including phenoxy) is 2. The third-order valence-electron chi connectivity index (χ3n) is 3.01. The van der Waals surface area contributed by atoms with Crippen molar-refractivity contribution in [2.24, 2.45) is 5.73 Å². The topological polar surface area (TPSA) is 44.5 Å². The number of methoxy groups -OCH3 is 1. The maximum Gasteiger partial charge on any atom is 0.138 e. The van der Waals surface area contributed by atoms with Crippen molar-refractivity contribution >= 4 is 28.8 Å². The molecular formula is C16H16ClNO2S. The van der Waals surface area contributed by atoms with E-state index in [9.17, 15) is 0 Å². The minimum atomic E-state index is 0.307. The first kappa shape index (κ1) is 15.6. The van der Waals surface area contributed by atoms with E-state index in [1.54, 1.807) is 7.11 Å². The summed E-state index contributed by atoms with van der Waals surface area (Å²) in [5.74, 6) is 1.30. The highest BCUT2D eigenvalue weighted by Gasteiger charge is 2.08. The third-order valence-corrected chi connectivity index (χ3v) is 3.54. The number of nitrogens with two attached hydrogens (primary N) is 1. The van der Waals surface area contributed by atoms with Crippen molar-refractivity contribution < 1.29 is 9.47 Å². The Balaban J connectivity index is 2.17. The molecule has 0 radical (unpaired) electrons. The molecule has 0 amide bonds. The van der Waals surface area contributed by atoms with Crippen LogP contribution in [0.1, 0.15) is 16.7 Å². The van der Waals surface area contributed by atoms with Crippen LogP contribution < -0.4 is 15.2 Å². The lowest BCUT2D eigenvalue weighted by Crippen LogP contribution is -2.11. The van der Waals surface area contributed by atoms with Gasteiger partial charge in [-0.3, -0.25) is 0 Å². The fraction of sp³-hybridized carbons (Fsp3) is 0.188. The quantitative estimate of drug-likeness (QED) is 0.849. The van der Waals surface area contributed by atoms with Crippen molar-refractivity contribution in [3.8, 4) is 11.5 Å². The predicted molar refractivity (Wildman–Crippen MR) is 89.4 cm³/mol. The van der Waals surface area contributed by atoms with Crippen molar-refractivity contribution in [1.82, 2.24) is 0 Å². The van der Waals surface area contributed by atoms with Crippen molar-refractivity contribution in [1.29, 1.82) is 0 Å². The van der Waals surface area contributed by atoms with Gasteiger partial charge in [0.25, 0.3) is 0 Å². The summed E-state index contributed by atoms with van der Waals surface area (Å²) in [6.45, 7) is 2.38. The Morgan fingerprint density at radius 1 is 1.19 bits per heavy atom. The van der Waals surface area contributed by atoms with Crippen LogP contribution in [-0.2, 0) is 6.61 Å². The Bertz CT molecular complexity index is 673. The largest absolute Gasteiger partial charge is 0.496 e. The summed E-state index contributed by atoms with van der Waals surface area (Å²) in [6.07, 6.45) is 0. The normalized spacial score (nSPS) is 10.2. The second kappa shape index (κ2) is 6.78. The Morgan fingerprint density at radius 3 is 2.62 bits per heavy atom. The lowest BCUT2D eigenvalue weighted by molar-refractivity contribution is 0.305. The van der Waals surface area contributed by atoms with Crippen LogP contribution in [0, 0.1) is 6.92 Å². The first-order valence-corrected chi connectivity index (χ1v) is 7.15. The molecule has 0 saturated heterocycles. The number of benzene rings is 2. The van der Waals surface area contributed by atoms with E-state index < -0.39 is 0 Å². The molecule has 0 unspecified atom stereocenters. The fourth-order valence-corrected chi connectivity index (χ4v) is 2.25. The summed E-state index contributed by atoms with van der Waals surface area (Å²) in [6, 6.07) is 11.3. The van der Waals surface area contributed by atoms with Gasteiger partial charge in [0.2, 0.25) is 0 Å². The number of hydrogen-bond donors (Lipinski definition) is 1. The lowest BCUT2D eigenvalue weighted by atomic mass is 10.1. The molecule has 0 aromatic heterocycles. The smallest absolute Gasteiger partial charge is 0.138 e. The molecule has 0 aliphatic heterocycles. The van der Waals surface area contributed by atoms with Crippen LogP contribution in [0.3, 0.4) is 0 Å². The molecule has 0 spiro atoms. The van der Waals surface area contributed by atoms with Gasteiger partial charge in [0.15, 0.2) is 0 Å². The monoisotopic (exact) mass is 321 g/mol. The minimum Gasteiger partial charge on any atom is -0.496 e. The zero-order valence-corrected chi connectivity index (χ0v) is 13.4. The SMILES string of the molecule is COc1cc(COc2cc(C)ccc2Cl)ccc1C(N)=S. The van der Waals surface area contributed by atoms with Crippen LogP contribution in [-0.4, -0.2) is 12.1 Å². The summed E-state index contributed by atoms with van der Waals surface area (Å²) in [4.78, 5) is 0.307. The molecule has 5 heteroatoms. The average Bonchev–Trinajstić information content (AvgIpc) is 2.47. The van der Waals surface area contributed by atoms with E-state index >= 15 is 0 Å². The zero-order valence-electron chi connectivity index (χ0n) is 11.9. The highest BCUT2D eigenvalue weighted by molar-refractivity contribution is 7.80. The molecular weight excluding hydrogens is 306 g/mol. The molecule has 0 saturated carbocycles. The van der Waals surface area contributed by atoms with E-state index in [0.717, 1.165) is 11.1 Å². The van der Waals surface area contributed by atoms with Gasteiger partial charge >= 0.3 is 0 Å². The number of halogens is 1. The third kappa shape index (κ3) is 3.86. The molecule has 3 nitrogen and oxygen atoms in total. The van der Waals surface area contributed by atoms with Gasteiger partial charge in [0.05, 0.1) is 17.7 Å². The molecule has 2 aromatic rings. The molecule has 110 valence electrons. The van der Waals surface area contributed by atoms with Gasteiger partial charge in [-0.25, -0.2) is 0 Å². The van der Waals surface area contributed by atoms with Crippen molar-refractivity contribution in [2.75, 3.05) is 7.11 Å². The predicted octanol–water partition coefficient (Wildman–Crippen LogP) is 3.87. The Hall–Kier alpha value is -1.78. The van der Waals surface area contributed by atoms with E-state index in [1.807, 2.05) is 43.3 Å². The Labute approximate surface area is 134 Å². The zero-order chi connectivity index (χ0) is 15.4. The highest BCUT2D eigenvalue weighted by Crippen LogP contribution is 2.27. The maximum absolute atomic E-state index is 6.10. The molecule has 0 atom stereocenters. The fourth-order valence-electron chi connectivity index (χ4n) is 1.91. The molecule has 2 aromatic carbocycles. The molecule has 0 aliphatic carbocycles. The molecule has 21 heavy (non-hydrogen) atoms. The molecule has 2 N–H and O–H groups in total. The summed E-state index contributed by atoms with van der Waals surface area (Å²) in [5.41, 5.74) is 8.40. The summed E-state index contributed by atoms with van der Waals surface area (Å²) >= 11 is 11.1. The summed E-state index contributed by atoms with van der Waals surface area (Å²) < 4.78 is 11.0. The van der Waals surface area contributed by atoms with E-state index in [2.05, 4.69) is 0 Å². The van der Waals surface area contributed by atoms with Crippen molar-refractivity contribution in [2.45, 2.75) is 13.5 Å². The average molecular weight is 322 g/mol. The van der Waals surface area contributed by atoms with Crippen LogP contribution >= 0.6 is 23.8 Å². The molecule has 0 bridgehead atoms. The van der Waals surface area contributed by atoms with Crippen LogP contribution in [0.2, 0.25) is 5.02 Å². The van der Waals surface area contributed by atoms with Gasteiger partial charge in [-0.2, -0.15) is 0 Å². The second-order valence-corrected chi connectivity index (χ2v) is 5.47. The summed E-state index contributed by atoms with van der Waals surface area (Å²) in [5, 5.41) is 0.590. The van der Waals surface area contributed by atoms with Gasteiger partial charge in [0.1, 0.15) is 23.1 Å². The maximum atomic E-state index is 6.10. The van der Waals surface area contributed by atoms with Crippen LogP contribution in [0.4, 0.5) is 0 Å². The molecule has 0 aliphatic rings. The number of hydrogen-bond acceptors (Lipinski definition) is 3. The van der Waals surface area contributed by atoms with E-state index in [1.165, 1.54) is 0 Å². The van der Waals surface area contributed by atoms with Gasteiger partial charge < -0.3 is 15.2 Å².